The van der Waals surface area contributed by atoms with Gasteiger partial charge in [0.2, 0.25) is 5.91 Å². The molecule has 2 N–H and O–H groups in total. The van der Waals surface area contributed by atoms with Gasteiger partial charge in [-0.25, -0.2) is 8.42 Å². The second kappa shape index (κ2) is 7.30. The first-order valence-electron chi connectivity index (χ1n) is 9.90. The van der Waals surface area contributed by atoms with E-state index in [2.05, 4.69) is 27.2 Å². The lowest BCUT2D eigenvalue weighted by Gasteiger charge is -2.32. The molecule has 1 heterocycles. The fraction of sp³-hybridized carbons (Fsp3) is 0.364. The lowest BCUT2D eigenvalue weighted by atomic mass is 9.87. The van der Waals surface area contributed by atoms with E-state index in [-0.39, 0.29) is 22.2 Å². The van der Waals surface area contributed by atoms with Gasteiger partial charge < -0.3 is 5.32 Å². The van der Waals surface area contributed by atoms with E-state index in [9.17, 15) is 13.2 Å². The summed E-state index contributed by atoms with van der Waals surface area (Å²) in [6.07, 6.45) is 3.90. The Labute approximate surface area is 171 Å². The maximum atomic E-state index is 13.0. The smallest absolute Gasteiger partial charge is 0.263 e. The number of nitrogens with zero attached hydrogens (tertiary/aromatic N) is 1. The lowest BCUT2D eigenvalue weighted by Crippen LogP contribution is -2.47. The minimum Gasteiger partial charge on any atom is -0.345 e. The minimum atomic E-state index is -3.62. The number of aryl methyl sites for hydroxylation is 1. The summed E-state index contributed by atoms with van der Waals surface area (Å²) in [5.41, 5.74) is 2.40. The van der Waals surface area contributed by atoms with Gasteiger partial charge >= 0.3 is 0 Å². The van der Waals surface area contributed by atoms with Gasteiger partial charge in [-0.2, -0.15) is 0 Å². The highest BCUT2D eigenvalue weighted by atomic mass is 32.2. The molecular formula is C22H25N3O3S. The molecule has 0 radical (unpaired) electrons. The lowest BCUT2D eigenvalue weighted by molar-refractivity contribution is -0.124. The van der Waals surface area contributed by atoms with Crippen molar-refractivity contribution in [1.29, 1.82) is 0 Å². The number of aliphatic imine (C=N–C) groups is 1. The van der Waals surface area contributed by atoms with Gasteiger partial charge in [-0.15, -0.1) is 0 Å². The first-order chi connectivity index (χ1) is 13.8. The maximum Gasteiger partial charge on any atom is 0.263 e. The number of amidine groups is 1. The number of amides is 1. The highest BCUT2D eigenvalue weighted by Gasteiger charge is 2.38. The number of carbonyl (C=O) groups excluding carboxylic acids is 1. The molecule has 4 rings (SSSR count). The van der Waals surface area contributed by atoms with Crippen molar-refractivity contribution in [2.75, 3.05) is 0 Å². The number of sulfonamides is 1. The van der Waals surface area contributed by atoms with Crippen LogP contribution in [0.2, 0.25) is 0 Å². The fourth-order valence-corrected chi connectivity index (χ4v) is 5.47. The predicted molar refractivity (Wildman–Crippen MR) is 112 cm³/mol. The van der Waals surface area contributed by atoms with E-state index >= 15 is 0 Å². The van der Waals surface area contributed by atoms with Crippen LogP contribution in [0.1, 0.15) is 49.3 Å². The average Bonchev–Trinajstić information content (AvgIpc) is 3.26. The Kier molecular flexibility index (Phi) is 4.94. The van der Waals surface area contributed by atoms with Gasteiger partial charge in [0.15, 0.2) is 0 Å². The second-order valence-electron chi connectivity index (χ2n) is 7.90. The third-order valence-electron chi connectivity index (χ3n) is 5.76. The Morgan fingerprint density at radius 3 is 2.59 bits per heavy atom. The molecule has 29 heavy (non-hydrogen) atoms. The number of rotatable bonds is 4. The monoisotopic (exact) mass is 411 g/mol. The molecular weight excluding hydrogens is 386 g/mol. The van der Waals surface area contributed by atoms with E-state index in [1.54, 1.807) is 25.1 Å². The van der Waals surface area contributed by atoms with Gasteiger partial charge in [-0.1, -0.05) is 54.8 Å². The molecule has 2 aliphatic rings. The van der Waals surface area contributed by atoms with Crippen LogP contribution in [-0.4, -0.2) is 26.2 Å². The summed E-state index contributed by atoms with van der Waals surface area (Å²) < 4.78 is 27.0. The van der Waals surface area contributed by atoms with Crippen molar-refractivity contribution in [3.8, 4) is 0 Å². The number of hydrogen-bond donors (Lipinski definition) is 2. The van der Waals surface area contributed by atoms with Crippen molar-refractivity contribution < 1.29 is 13.2 Å². The molecule has 1 aliphatic carbocycles. The molecule has 0 saturated heterocycles. The molecule has 152 valence electrons. The Bertz CT molecular complexity index is 1090. The summed E-state index contributed by atoms with van der Waals surface area (Å²) in [6.45, 7) is 3.74. The minimum absolute atomic E-state index is 0.193. The Morgan fingerprint density at radius 2 is 1.86 bits per heavy atom. The van der Waals surface area contributed by atoms with Crippen LogP contribution in [0.15, 0.2) is 58.4 Å². The van der Waals surface area contributed by atoms with Crippen LogP contribution in [0, 0.1) is 6.92 Å². The molecule has 0 bridgehead atoms. The van der Waals surface area contributed by atoms with Gasteiger partial charge in [-0.3, -0.25) is 14.5 Å². The van der Waals surface area contributed by atoms with Crippen molar-refractivity contribution in [3.63, 3.8) is 0 Å². The van der Waals surface area contributed by atoms with E-state index < -0.39 is 16.1 Å². The van der Waals surface area contributed by atoms with Gasteiger partial charge in [0.1, 0.15) is 11.9 Å². The van der Waals surface area contributed by atoms with Crippen LogP contribution in [0.4, 0.5) is 0 Å². The average molecular weight is 412 g/mol. The standard InChI is InChI=1S/C22H25N3O3S/c1-15-8-7-9-17(14-15)22(12-5-6-13-22)24-21(26)16(2)23-20-18-10-3-4-11-19(18)29(27,28)25-20/h3-4,7-11,14,16H,5-6,12-13H2,1-2H3,(H,23,25)(H,24,26)/t16-/m0/s1. The molecule has 2 aromatic rings. The highest BCUT2D eigenvalue weighted by Crippen LogP contribution is 2.39. The van der Waals surface area contributed by atoms with Gasteiger partial charge in [0.05, 0.1) is 10.4 Å². The quantitative estimate of drug-likeness (QED) is 0.811. The maximum absolute atomic E-state index is 13.0. The summed E-state index contributed by atoms with van der Waals surface area (Å²) in [5, 5.41) is 3.23. The van der Waals surface area contributed by atoms with Crippen molar-refractivity contribution in [2.45, 2.75) is 56.0 Å². The fourth-order valence-electron chi connectivity index (χ4n) is 4.23. The first-order valence-corrected chi connectivity index (χ1v) is 11.4. The summed E-state index contributed by atoms with van der Waals surface area (Å²) in [7, 11) is -3.62. The largest absolute Gasteiger partial charge is 0.345 e. The molecule has 0 aromatic heterocycles. The Hall–Kier alpha value is -2.67. The number of hydrogen-bond acceptors (Lipinski definition) is 4. The first kappa shape index (κ1) is 19.6. The summed E-state index contributed by atoms with van der Waals surface area (Å²) in [5.74, 6) is 0.0174. The van der Waals surface area contributed by atoms with Crippen LogP contribution in [0.3, 0.4) is 0 Å². The van der Waals surface area contributed by atoms with E-state index in [4.69, 9.17) is 0 Å². The van der Waals surface area contributed by atoms with Crippen molar-refractivity contribution >= 4 is 21.8 Å². The van der Waals surface area contributed by atoms with E-state index in [1.807, 2.05) is 19.1 Å². The zero-order valence-electron chi connectivity index (χ0n) is 16.6. The molecule has 1 atom stereocenters. The van der Waals surface area contributed by atoms with Crippen molar-refractivity contribution in [2.24, 2.45) is 4.99 Å². The topological polar surface area (TPSA) is 87.6 Å². The third-order valence-corrected chi connectivity index (χ3v) is 7.15. The molecule has 1 fully saturated rings. The predicted octanol–water partition coefficient (Wildman–Crippen LogP) is 3.01. The van der Waals surface area contributed by atoms with Gasteiger partial charge in [0.25, 0.3) is 10.0 Å². The molecule has 0 spiro atoms. The number of fused-ring (bicyclic) bond motifs is 1. The van der Waals surface area contributed by atoms with Crippen LogP contribution >= 0.6 is 0 Å². The second-order valence-corrected chi connectivity index (χ2v) is 9.55. The molecule has 1 aliphatic heterocycles. The van der Waals surface area contributed by atoms with Crippen molar-refractivity contribution in [1.82, 2.24) is 10.0 Å². The number of carbonyl (C=O) groups is 1. The number of benzene rings is 2. The molecule has 1 saturated carbocycles. The van der Waals surface area contributed by atoms with E-state index in [0.29, 0.717) is 5.56 Å². The van der Waals surface area contributed by atoms with Crippen molar-refractivity contribution in [3.05, 3.63) is 65.2 Å². The van der Waals surface area contributed by atoms with Gasteiger partial charge in [-0.05, 0) is 44.4 Å². The van der Waals surface area contributed by atoms with Gasteiger partial charge in [0, 0.05) is 5.56 Å². The number of nitrogens with one attached hydrogen (secondary N) is 2. The summed E-state index contributed by atoms with van der Waals surface area (Å²) >= 11 is 0. The van der Waals surface area contributed by atoms with Crippen LogP contribution in [0.25, 0.3) is 0 Å². The highest BCUT2D eigenvalue weighted by molar-refractivity contribution is 7.90. The van der Waals surface area contributed by atoms with Crippen LogP contribution < -0.4 is 10.0 Å². The van der Waals surface area contributed by atoms with E-state index in [0.717, 1.165) is 36.8 Å². The third kappa shape index (κ3) is 3.67. The molecule has 6 nitrogen and oxygen atoms in total. The summed E-state index contributed by atoms with van der Waals surface area (Å²) in [6, 6.07) is 14.2. The normalized spacial score (nSPS) is 21.4. The van der Waals surface area contributed by atoms with Crippen LogP contribution in [0.5, 0.6) is 0 Å². The zero-order valence-corrected chi connectivity index (χ0v) is 17.4. The molecule has 7 heteroatoms. The molecule has 2 aromatic carbocycles. The van der Waals surface area contributed by atoms with E-state index in [1.165, 1.54) is 6.07 Å². The SMILES string of the molecule is Cc1cccc(C2(NC(=O)[C@H](C)N=C3NS(=O)(=O)c4ccccc43)CCCC2)c1. The summed E-state index contributed by atoms with van der Waals surface area (Å²) in [4.78, 5) is 17.6. The van der Waals surface area contributed by atoms with Crippen LogP contribution in [-0.2, 0) is 20.4 Å². The Morgan fingerprint density at radius 1 is 1.14 bits per heavy atom. The zero-order chi connectivity index (χ0) is 20.6. The Balaban J connectivity index is 1.59. The molecule has 0 unspecified atom stereocenters. The molecule has 1 amide bonds.